The molecule has 15 heavy (non-hydrogen) atoms. The molecule has 1 N–H and O–H groups in total. The van der Waals surface area contributed by atoms with Crippen molar-refractivity contribution in [3.63, 3.8) is 0 Å². The van der Waals surface area contributed by atoms with Gasteiger partial charge < -0.3 is 10.0 Å². The second kappa shape index (κ2) is 5.70. The van der Waals surface area contributed by atoms with Crippen molar-refractivity contribution in [1.82, 2.24) is 9.80 Å². The van der Waals surface area contributed by atoms with E-state index in [9.17, 15) is 9.59 Å². The van der Waals surface area contributed by atoms with Crippen LogP contribution in [0.4, 0.5) is 0 Å². The van der Waals surface area contributed by atoms with E-state index in [1.807, 2.05) is 13.8 Å². The number of amides is 1. The van der Waals surface area contributed by atoms with E-state index in [-0.39, 0.29) is 18.5 Å². The fourth-order valence-corrected chi connectivity index (χ4v) is 1.44. The van der Waals surface area contributed by atoms with Crippen LogP contribution in [0, 0.1) is 0 Å². The first-order valence-electron chi connectivity index (χ1n) is 4.96. The molecule has 0 saturated heterocycles. The van der Waals surface area contributed by atoms with Crippen molar-refractivity contribution in [2.24, 2.45) is 0 Å². The summed E-state index contributed by atoms with van der Waals surface area (Å²) < 4.78 is 0. The molecule has 0 aliphatic carbocycles. The summed E-state index contributed by atoms with van der Waals surface area (Å²) in [6.07, 6.45) is 0. The molecule has 0 aliphatic heterocycles. The quantitative estimate of drug-likeness (QED) is 0.716. The van der Waals surface area contributed by atoms with Crippen molar-refractivity contribution in [1.29, 1.82) is 0 Å². The van der Waals surface area contributed by atoms with Gasteiger partial charge in [0, 0.05) is 20.1 Å². The van der Waals surface area contributed by atoms with E-state index < -0.39 is 12.0 Å². The fraction of sp³-hybridized carbons (Fsp3) is 0.800. The van der Waals surface area contributed by atoms with Gasteiger partial charge >= 0.3 is 5.97 Å². The molecule has 0 fully saturated rings. The molecule has 0 aromatic carbocycles. The first-order chi connectivity index (χ1) is 6.77. The van der Waals surface area contributed by atoms with Crippen LogP contribution in [0.5, 0.6) is 0 Å². The molecule has 5 nitrogen and oxygen atoms in total. The zero-order chi connectivity index (χ0) is 12.2. The monoisotopic (exact) mass is 216 g/mol. The van der Waals surface area contributed by atoms with Crippen molar-refractivity contribution in [3.05, 3.63) is 0 Å². The van der Waals surface area contributed by atoms with Gasteiger partial charge in [-0.15, -0.1) is 0 Å². The Morgan fingerprint density at radius 3 is 1.93 bits per heavy atom. The van der Waals surface area contributed by atoms with Crippen molar-refractivity contribution in [2.75, 3.05) is 20.6 Å². The number of carboxylic acids is 1. The smallest absolute Gasteiger partial charge is 0.317 e. The molecule has 0 rings (SSSR count). The summed E-state index contributed by atoms with van der Waals surface area (Å²) in [6.45, 7) is 5.37. The van der Waals surface area contributed by atoms with Gasteiger partial charge in [0.15, 0.2) is 0 Å². The third-order valence-electron chi connectivity index (χ3n) is 2.28. The van der Waals surface area contributed by atoms with Crippen LogP contribution >= 0.6 is 0 Å². The molecule has 0 bridgehead atoms. The van der Waals surface area contributed by atoms with Crippen molar-refractivity contribution in [2.45, 2.75) is 32.9 Å². The highest BCUT2D eigenvalue weighted by Gasteiger charge is 2.26. The summed E-state index contributed by atoms with van der Waals surface area (Å²) in [7, 11) is 3.33. The number of hydrogen-bond donors (Lipinski definition) is 1. The molecular formula is C10H20N2O3. The Bertz CT molecular complexity index is 239. The molecule has 0 aliphatic rings. The number of carbonyl (C=O) groups excluding carboxylic acids is 1. The number of rotatable bonds is 5. The molecule has 1 atom stereocenters. The third-order valence-corrected chi connectivity index (χ3v) is 2.28. The molecule has 0 radical (unpaired) electrons. The predicted molar refractivity (Wildman–Crippen MR) is 57.6 cm³/mol. The number of aliphatic carboxylic acids is 1. The van der Waals surface area contributed by atoms with Crippen LogP contribution in [0.1, 0.15) is 20.8 Å². The minimum Gasteiger partial charge on any atom is -0.480 e. The molecule has 0 aromatic heterocycles. The Kier molecular flexibility index (Phi) is 5.28. The normalized spacial score (nSPS) is 13.0. The van der Waals surface area contributed by atoms with Gasteiger partial charge in [-0.2, -0.15) is 0 Å². The summed E-state index contributed by atoms with van der Waals surface area (Å²) in [6, 6.07) is -0.379. The van der Waals surface area contributed by atoms with E-state index in [0.717, 1.165) is 0 Å². The number of carboxylic acid groups (broad SMARTS) is 1. The van der Waals surface area contributed by atoms with E-state index >= 15 is 0 Å². The van der Waals surface area contributed by atoms with Crippen LogP contribution in [0.2, 0.25) is 0 Å². The lowest BCUT2D eigenvalue weighted by Gasteiger charge is -2.31. The van der Waals surface area contributed by atoms with Gasteiger partial charge in [-0.3, -0.25) is 14.5 Å². The van der Waals surface area contributed by atoms with E-state index in [0.29, 0.717) is 0 Å². The average molecular weight is 216 g/mol. The highest BCUT2D eigenvalue weighted by atomic mass is 16.4. The molecule has 0 heterocycles. The standard InChI is InChI=1S/C10H20N2O3/c1-7(2)12(6-9(13)14)8(3)10(15)11(4)5/h7-8H,6H2,1-5H3,(H,13,14). The molecule has 0 saturated carbocycles. The molecule has 1 amide bonds. The lowest BCUT2D eigenvalue weighted by molar-refractivity contribution is -0.142. The second-order valence-corrected chi connectivity index (χ2v) is 4.07. The van der Waals surface area contributed by atoms with Crippen LogP contribution in [0.3, 0.4) is 0 Å². The van der Waals surface area contributed by atoms with Gasteiger partial charge in [0.05, 0.1) is 12.6 Å². The van der Waals surface area contributed by atoms with E-state index in [4.69, 9.17) is 5.11 Å². The van der Waals surface area contributed by atoms with Gasteiger partial charge in [0.2, 0.25) is 5.91 Å². The topological polar surface area (TPSA) is 60.9 Å². The highest BCUT2D eigenvalue weighted by molar-refractivity contribution is 5.81. The largest absolute Gasteiger partial charge is 0.480 e. The molecule has 1 unspecified atom stereocenters. The first-order valence-corrected chi connectivity index (χ1v) is 4.96. The molecule has 0 spiro atoms. The number of nitrogens with zero attached hydrogens (tertiary/aromatic N) is 2. The van der Waals surface area contributed by atoms with E-state index in [2.05, 4.69) is 0 Å². The minimum atomic E-state index is -0.915. The van der Waals surface area contributed by atoms with Crippen molar-refractivity contribution in [3.8, 4) is 0 Å². The Balaban J connectivity index is 4.62. The number of hydrogen-bond acceptors (Lipinski definition) is 3. The summed E-state index contributed by atoms with van der Waals surface area (Å²) in [5.41, 5.74) is 0. The van der Waals surface area contributed by atoms with Gasteiger partial charge in [0.1, 0.15) is 0 Å². The Morgan fingerprint density at radius 2 is 1.67 bits per heavy atom. The number of carbonyl (C=O) groups is 2. The third kappa shape index (κ3) is 4.29. The minimum absolute atomic E-state index is 0.0278. The zero-order valence-corrected chi connectivity index (χ0v) is 10.0. The Labute approximate surface area is 90.7 Å². The SMILES string of the molecule is CC(C)N(CC(=O)O)C(C)C(=O)N(C)C. The van der Waals surface area contributed by atoms with Crippen LogP contribution in [0.15, 0.2) is 0 Å². The molecule has 0 aromatic rings. The van der Waals surface area contributed by atoms with Crippen LogP contribution < -0.4 is 0 Å². The summed E-state index contributed by atoms with van der Waals surface area (Å²) in [4.78, 5) is 25.4. The summed E-state index contributed by atoms with van der Waals surface area (Å²) in [5.74, 6) is -0.993. The molecule has 5 heteroatoms. The first kappa shape index (κ1) is 13.9. The van der Waals surface area contributed by atoms with Gasteiger partial charge in [-0.25, -0.2) is 0 Å². The summed E-state index contributed by atoms with van der Waals surface area (Å²) in [5, 5.41) is 8.74. The van der Waals surface area contributed by atoms with Crippen LogP contribution in [-0.4, -0.2) is 59.5 Å². The maximum atomic E-state index is 11.7. The lowest BCUT2D eigenvalue weighted by Crippen LogP contribution is -2.49. The lowest BCUT2D eigenvalue weighted by atomic mass is 10.2. The Morgan fingerprint density at radius 1 is 1.20 bits per heavy atom. The van der Waals surface area contributed by atoms with E-state index in [1.165, 1.54) is 4.90 Å². The maximum absolute atomic E-state index is 11.7. The van der Waals surface area contributed by atoms with Crippen molar-refractivity contribution < 1.29 is 14.7 Å². The zero-order valence-electron chi connectivity index (χ0n) is 10.0. The Hall–Kier alpha value is -1.10. The predicted octanol–water partition coefficient (Wildman–Crippen LogP) is 0.258. The summed E-state index contributed by atoms with van der Waals surface area (Å²) >= 11 is 0. The average Bonchev–Trinajstić information content (AvgIpc) is 2.10. The molecule has 88 valence electrons. The number of likely N-dealkylation sites (N-methyl/N-ethyl adjacent to an activating group) is 1. The van der Waals surface area contributed by atoms with Gasteiger partial charge in [-0.05, 0) is 20.8 Å². The maximum Gasteiger partial charge on any atom is 0.317 e. The highest BCUT2D eigenvalue weighted by Crippen LogP contribution is 2.07. The fourth-order valence-electron chi connectivity index (χ4n) is 1.44. The van der Waals surface area contributed by atoms with E-state index in [1.54, 1.807) is 25.9 Å². The second-order valence-electron chi connectivity index (χ2n) is 4.07. The van der Waals surface area contributed by atoms with Gasteiger partial charge in [-0.1, -0.05) is 0 Å². The molecular weight excluding hydrogens is 196 g/mol. The van der Waals surface area contributed by atoms with Crippen molar-refractivity contribution >= 4 is 11.9 Å². The van der Waals surface area contributed by atoms with Gasteiger partial charge in [0.25, 0.3) is 0 Å². The van der Waals surface area contributed by atoms with Crippen LogP contribution in [-0.2, 0) is 9.59 Å². The van der Waals surface area contributed by atoms with Crippen LogP contribution in [0.25, 0.3) is 0 Å².